The van der Waals surface area contributed by atoms with Crippen molar-refractivity contribution in [3.63, 3.8) is 0 Å². The zero-order chi connectivity index (χ0) is 29.6. The summed E-state index contributed by atoms with van der Waals surface area (Å²) in [4.78, 5) is 26.3. The van der Waals surface area contributed by atoms with Crippen molar-refractivity contribution in [3.05, 3.63) is 11.6 Å². The quantitative estimate of drug-likeness (QED) is 0.258. The minimum Gasteiger partial charge on any atom is -0.481 e. The van der Waals surface area contributed by atoms with Gasteiger partial charge in [0.1, 0.15) is 6.10 Å². The summed E-state index contributed by atoms with van der Waals surface area (Å²) >= 11 is 0. The molecule has 6 nitrogen and oxygen atoms in total. The molecule has 12 atom stereocenters. The SMILES string of the molecule is CC(C)=CCC[C@]1(C(=O)O)C[C@@]12[C@@H](OC(=O)C(C)C)C[C@@]1(C)[C@H]2C[C@@H](O)C2[C@]1(C)CC[C@H]1[C@H](C)[C@H](O)CC[C@]21C. The van der Waals surface area contributed by atoms with Crippen LogP contribution < -0.4 is 0 Å². The summed E-state index contributed by atoms with van der Waals surface area (Å²) in [7, 11) is 0. The number of carboxylic acids is 1. The number of fused-ring (bicyclic) bond motifs is 6. The topological polar surface area (TPSA) is 104 Å². The molecule has 0 aromatic rings. The molecule has 40 heavy (non-hydrogen) atoms. The fraction of sp³-hybridized carbons (Fsp3) is 0.882. The number of allylic oxidation sites excluding steroid dienone is 2. The first kappa shape index (κ1) is 30.1. The molecule has 0 bridgehead atoms. The third-order valence-electron chi connectivity index (χ3n) is 13.8. The van der Waals surface area contributed by atoms with Crippen LogP contribution >= 0.6 is 0 Å². The Morgan fingerprint density at radius 1 is 1.02 bits per heavy atom. The number of ether oxygens (including phenoxy) is 1. The van der Waals surface area contributed by atoms with E-state index in [-0.39, 0.29) is 52.0 Å². The van der Waals surface area contributed by atoms with E-state index in [2.05, 4.69) is 33.8 Å². The van der Waals surface area contributed by atoms with Gasteiger partial charge in [-0.3, -0.25) is 9.59 Å². The summed E-state index contributed by atoms with van der Waals surface area (Å²) in [5.74, 6) is -0.723. The van der Waals surface area contributed by atoms with E-state index in [4.69, 9.17) is 4.74 Å². The highest BCUT2D eigenvalue weighted by Crippen LogP contribution is 2.85. The van der Waals surface area contributed by atoms with Crippen LogP contribution in [0.5, 0.6) is 0 Å². The van der Waals surface area contributed by atoms with Crippen molar-refractivity contribution in [2.45, 2.75) is 131 Å². The summed E-state index contributed by atoms with van der Waals surface area (Å²) in [5.41, 5.74) is -1.00. The van der Waals surface area contributed by atoms with E-state index in [0.717, 1.165) is 25.7 Å². The Hall–Kier alpha value is -1.40. The molecule has 0 heterocycles. The Balaban J connectivity index is 1.59. The predicted octanol–water partition coefficient (Wildman–Crippen LogP) is 6.38. The van der Waals surface area contributed by atoms with E-state index in [0.29, 0.717) is 38.0 Å². The fourth-order valence-corrected chi connectivity index (χ4v) is 11.6. The number of aliphatic hydroxyl groups excluding tert-OH is 2. The maximum Gasteiger partial charge on any atom is 0.310 e. The molecule has 5 aliphatic carbocycles. The highest BCUT2D eigenvalue weighted by atomic mass is 16.5. The van der Waals surface area contributed by atoms with Crippen LogP contribution in [0.2, 0.25) is 0 Å². The van der Waals surface area contributed by atoms with Crippen LogP contribution in [0.25, 0.3) is 0 Å². The number of rotatable bonds is 6. The van der Waals surface area contributed by atoms with Gasteiger partial charge < -0.3 is 20.1 Å². The molecule has 0 radical (unpaired) electrons. The molecule has 0 aromatic carbocycles. The number of carbonyl (C=O) groups is 2. The summed E-state index contributed by atoms with van der Waals surface area (Å²) in [6.45, 7) is 17.0. The Kier molecular flexibility index (Phi) is 7.18. The van der Waals surface area contributed by atoms with Gasteiger partial charge in [0.2, 0.25) is 0 Å². The van der Waals surface area contributed by atoms with Crippen molar-refractivity contribution in [1.82, 2.24) is 0 Å². The summed E-state index contributed by atoms with van der Waals surface area (Å²) in [6.07, 6.45) is 7.39. The van der Waals surface area contributed by atoms with Crippen molar-refractivity contribution in [1.29, 1.82) is 0 Å². The Morgan fingerprint density at radius 3 is 2.30 bits per heavy atom. The van der Waals surface area contributed by atoms with Gasteiger partial charge >= 0.3 is 11.9 Å². The Labute approximate surface area is 241 Å². The van der Waals surface area contributed by atoms with Gasteiger partial charge in [0.25, 0.3) is 0 Å². The van der Waals surface area contributed by atoms with Crippen molar-refractivity contribution in [3.8, 4) is 0 Å². The molecule has 0 aromatic heterocycles. The molecular formula is C34H54O6. The zero-order valence-corrected chi connectivity index (χ0v) is 26.1. The van der Waals surface area contributed by atoms with E-state index < -0.39 is 29.0 Å². The number of aliphatic hydroxyl groups is 2. The normalized spacial score (nSPS) is 51.0. The summed E-state index contributed by atoms with van der Waals surface area (Å²) < 4.78 is 6.33. The van der Waals surface area contributed by atoms with E-state index in [9.17, 15) is 24.9 Å². The van der Waals surface area contributed by atoms with Crippen LogP contribution in [0, 0.1) is 56.7 Å². The molecule has 1 unspecified atom stereocenters. The minimum atomic E-state index is -0.948. The smallest absolute Gasteiger partial charge is 0.310 e. The molecule has 1 spiro atoms. The second-order valence-corrected chi connectivity index (χ2v) is 16.0. The Morgan fingerprint density at radius 2 is 1.70 bits per heavy atom. The molecule has 5 fully saturated rings. The molecule has 5 aliphatic rings. The number of aliphatic carboxylic acids is 1. The highest BCUT2D eigenvalue weighted by Gasteiger charge is 2.86. The van der Waals surface area contributed by atoms with Crippen LogP contribution in [0.3, 0.4) is 0 Å². The first-order chi connectivity index (χ1) is 18.5. The van der Waals surface area contributed by atoms with Crippen molar-refractivity contribution in [2.75, 3.05) is 0 Å². The monoisotopic (exact) mass is 558 g/mol. The first-order valence-corrected chi connectivity index (χ1v) is 16.0. The van der Waals surface area contributed by atoms with Gasteiger partial charge in [-0.1, -0.05) is 53.2 Å². The van der Waals surface area contributed by atoms with Crippen LogP contribution in [0.4, 0.5) is 0 Å². The average molecular weight is 559 g/mol. The molecular weight excluding hydrogens is 504 g/mol. The lowest BCUT2D eigenvalue weighted by Gasteiger charge is -2.69. The largest absolute Gasteiger partial charge is 0.481 e. The number of esters is 1. The zero-order valence-electron chi connectivity index (χ0n) is 26.1. The van der Waals surface area contributed by atoms with Crippen molar-refractivity contribution < 1.29 is 29.6 Å². The number of hydrogen-bond donors (Lipinski definition) is 3. The van der Waals surface area contributed by atoms with Gasteiger partial charge in [-0.05, 0) is 112 Å². The number of hydrogen-bond acceptors (Lipinski definition) is 5. The maximum atomic E-state index is 13.2. The molecule has 6 heteroatoms. The predicted molar refractivity (Wildman–Crippen MR) is 154 cm³/mol. The van der Waals surface area contributed by atoms with Crippen LogP contribution in [0.15, 0.2) is 11.6 Å². The van der Waals surface area contributed by atoms with Gasteiger partial charge in [-0.15, -0.1) is 0 Å². The summed E-state index contributed by atoms with van der Waals surface area (Å²) in [6, 6.07) is 0. The lowest BCUT2D eigenvalue weighted by Crippen LogP contribution is -2.66. The third kappa shape index (κ3) is 3.79. The molecule has 0 aliphatic heterocycles. The lowest BCUT2D eigenvalue weighted by molar-refractivity contribution is -0.241. The summed E-state index contributed by atoms with van der Waals surface area (Å²) in [5, 5.41) is 33.7. The maximum absolute atomic E-state index is 13.2. The van der Waals surface area contributed by atoms with Crippen molar-refractivity contribution in [2.24, 2.45) is 56.7 Å². The van der Waals surface area contributed by atoms with Crippen LogP contribution in [0.1, 0.15) is 113 Å². The van der Waals surface area contributed by atoms with Gasteiger partial charge in [0.15, 0.2) is 0 Å². The van der Waals surface area contributed by atoms with E-state index in [1.807, 2.05) is 27.7 Å². The van der Waals surface area contributed by atoms with Gasteiger partial charge in [0, 0.05) is 5.41 Å². The molecule has 3 N–H and O–H groups in total. The fourth-order valence-electron chi connectivity index (χ4n) is 11.6. The standard InChI is InChI=1S/C34H54O6/c1-19(2)10-9-13-33(29(38)39)18-34(33)25-16-24(36)27-30(6)14-12-23(35)21(5)22(30)11-15-31(27,7)32(25,8)17-26(34)40-28(37)20(3)4/h10,20-27,35-36H,9,11-18H2,1-8H3,(H,38,39)/t21-,22-,23+,24+,25+,26-,27?,30-,31-,32-,33+,34+/m0/s1. The van der Waals surface area contributed by atoms with E-state index in [1.54, 1.807) is 0 Å². The number of carbonyl (C=O) groups excluding carboxylic acids is 1. The van der Waals surface area contributed by atoms with Gasteiger partial charge in [0.05, 0.1) is 23.5 Å². The number of carboxylic acid groups (broad SMARTS) is 1. The molecule has 5 rings (SSSR count). The second-order valence-electron chi connectivity index (χ2n) is 16.0. The highest BCUT2D eigenvalue weighted by molar-refractivity contribution is 5.81. The third-order valence-corrected chi connectivity index (χ3v) is 13.8. The molecule has 226 valence electrons. The lowest BCUT2D eigenvalue weighted by atomic mass is 9.36. The van der Waals surface area contributed by atoms with E-state index in [1.165, 1.54) is 5.57 Å². The van der Waals surface area contributed by atoms with Crippen LogP contribution in [-0.2, 0) is 14.3 Å². The van der Waals surface area contributed by atoms with Gasteiger partial charge in [-0.2, -0.15) is 0 Å². The average Bonchev–Trinajstić information content (AvgIpc) is 3.47. The Bertz CT molecular complexity index is 1080. The first-order valence-electron chi connectivity index (χ1n) is 16.0. The van der Waals surface area contributed by atoms with Crippen molar-refractivity contribution >= 4 is 11.9 Å². The second kappa shape index (κ2) is 9.56. The van der Waals surface area contributed by atoms with Crippen LogP contribution in [-0.4, -0.2) is 45.6 Å². The molecule has 0 saturated heterocycles. The van der Waals surface area contributed by atoms with E-state index >= 15 is 0 Å². The van der Waals surface area contributed by atoms with Gasteiger partial charge in [-0.25, -0.2) is 0 Å². The minimum absolute atomic E-state index is 0.0317. The molecule has 0 amide bonds. The molecule has 5 saturated carbocycles.